The van der Waals surface area contributed by atoms with Crippen LogP contribution in [0, 0.1) is 10.1 Å². The Balaban J connectivity index is 1.62. The van der Waals surface area contributed by atoms with E-state index < -0.39 is 4.92 Å². The Morgan fingerprint density at radius 1 is 1.22 bits per heavy atom. The van der Waals surface area contributed by atoms with Crippen LogP contribution in [0.2, 0.25) is 5.02 Å². The van der Waals surface area contributed by atoms with Gasteiger partial charge in [0.15, 0.2) is 5.11 Å². The van der Waals surface area contributed by atoms with Gasteiger partial charge in [0, 0.05) is 43.0 Å². The second-order valence-corrected chi connectivity index (χ2v) is 6.85. The van der Waals surface area contributed by atoms with E-state index >= 15 is 0 Å². The van der Waals surface area contributed by atoms with E-state index in [0.29, 0.717) is 16.5 Å². The van der Waals surface area contributed by atoms with Gasteiger partial charge in [-0.2, -0.15) is 0 Å². The lowest BCUT2D eigenvalue weighted by atomic mass is 10.2. The average molecular weight is 407 g/mol. The number of hydrogen-bond donors (Lipinski definition) is 1. The molecule has 1 aliphatic rings. The van der Waals surface area contributed by atoms with Crippen LogP contribution in [-0.2, 0) is 0 Å². The summed E-state index contributed by atoms with van der Waals surface area (Å²) in [7, 11) is 1.47. The largest absolute Gasteiger partial charge is 0.494 e. The third-order valence-electron chi connectivity index (χ3n) is 4.38. The molecule has 1 fully saturated rings. The Kier molecular flexibility index (Phi) is 5.98. The molecular formula is C18H19ClN4O3S. The van der Waals surface area contributed by atoms with Crippen molar-refractivity contribution in [3.63, 3.8) is 0 Å². The van der Waals surface area contributed by atoms with Crippen molar-refractivity contribution in [1.29, 1.82) is 0 Å². The van der Waals surface area contributed by atoms with Crippen LogP contribution in [0.3, 0.4) is 0 Å². The van der Waals surface area contributed by atoms with Gasteiger partial charge in [-0.3, -0.25) is 10.1 Å². The van der Waals surface area contributed by atoms with Crippen LogP contribution in [-0.4, -0.2) is 48.2 Å². The Morgan fingerprint density at radius 3 is 2.59 bits per heavy atom. The maximum absolute atomic E-state index is 10.9. The van der Waals surface area contributed by atoms with E-state index in [2.05, 4.69) is 15.1 Å². The molecule has 1 heterocycles. The summed E-state index contributed by atoms with van der Waals surface area (Å²) in [5.74, 6) is 0.379. The number of thiocarbonyl (C=S) groups is 1. The van der Waals surface area contributed by atoms with Crippen molar-refractivity contribution in [2.75, 3.05) is 43.5 Å². The van der Waals surface area contributed by atoms with Crippen LogP contribution in [0.5, 0.6) is 5.75 Å². The van der Waals surface area contributed by atoms with Gasteiger partial charge >= 0.3 is 0 Å². The molecule has 0 unspecified atom stereocenters. The summed E-state index contributed by atoms with van der Waals surface area (Å²) in [5.41, 5.74) is 1.67. The number of halogens is 1. The highest BCUT2D eigenvalue weighted by atomic mass is 35.5. The van der Waals surface area contributed by atoms with E-state index in [1.165, 1.54) is 19.2 Å². The molecule has 0 atom stereocenters. The Hall–Kier alpha value is -2.58. The minimum absolute atomic E-state index is 0.0292. The molecule has 1 saturated heterocycles. The van der Waals surface area contributed by atoms with Gasteiger partial charge in [-0.05, 0) is 36.5 Å². The fourth-order valence-electron chi connectivity index (χ4n) is 2.93. The third-order valence-corrected chi connectivity index (χ3v) is 4.97. The van der Waals surface area contributed by atoms with Crippen molar-refractivity contribution < 1.29 is 9.66 Å². The molecule has 142 valence electrons. The van der Waals surface area contributed by atoms with Crippen molar-refractivity contribution in [1.82, 2.24) is 4.90 Å². The molecule has 0 bridgehead atoms. The van der Waals surface area contributed by atoms with E-state index in [0.717, 1.165) is 36.9 Å². The topological polar surface area (TPSA) is 70.9 Å². The van der Waals surface area contributed by atoms with Crippen molar-refractivity contribution >= 4 is 46.0 Å². The summed E-state index contributed by atoms with van der Waals surface area (Å²) < 4.78 is 5.24. The molecule has 3 rings (SSSR count). The summed E-state index contributed by atoms with van der Waals surface area (Å²) in [6.45, 7) is 3.15. The molecule has 0 aliphatic carbocycles. The van der Waals surface area contributed by atoms with Gasteiger partial charge in [0.1, 0.15) is 5.75 Å². The highest BCUT2D eigenvalue weighted by Gasteiger charge is 2.20. The minimum atomic E-state index is -0.459. The van der Waals surface area contributed by atoms with Gasteiger partial charge in [-0.15, -0.1) is 0 Å². The Morgan fingerprint density at radius 2 is 1.96 bits per heavy atom. The SMILES string of the molecule is COc1cc([N+](=O)[O-])ccc1NC(=S)N1CCN(c2cccc(Cl)c2)CC1. The van der Waals surface area contributed by atoms with Crippen LogP contribution in [0.4, 0.5) is 17.1 Å². The molecule has 9 heteroatoms. The summed E-state index contributed by atoms with van der Waals surface area (Å²) in [4.78, 5) is 14.8. The number of anilines is 2. The summed E-state index contributed by atoms with van der Waals surface area (Å²) in [6, 6.07) is 12.2. The molecule has 0 amide bonds. The predicted molar refractivity (Wildman–Crippen MR) is 111 cm³/mol. The number of nitrogens with zero attached hydrogens (tertiary/aromatic N) is 3. The van der Waals surface area contributed by atoms with Gasteiger partial charge in [0.2, 0.25) is 0 Å². The van der Waals surface area contributed by atoms with E-state index in [1.54, 1.807) is 6.07 Å². The summed E-state index contributed by atoms with van der Waals surface area (Å²) in [6.07, 6.45) is 0. The second kappa shape index (κ2) is 8.41. The zero-order valence-corrected chi connectivity index (χ0v) is 16.3. The van der Waals surface area contributed by atoms with E-state index in [1.807, 2.05) is 24.3 Å². The number of nitrogens with one attached hydrogen (secondary N) is 1. The smallest absolute Gasteiger partial charge is 0.273 e. The molecule has 1 N–H and O–H groups in total. The molecule has 0 radical (unpaired) electrons. The van der Waals surface area contributed by atoms with E-state index in [-0.39, 0.29) is 5.69 Å². The molecule has 1 aliphatic heterocycles. The van der Waals surface area contributed by atoms with Crippen molar-refractivity contribution in [3.8, 4) is 5.75 Å². The van der Waals surface area contributed by atoms with Gasteiger partial charge in [-0.25, -0.2) is 0 Å². The fraction of sp³-hybridized carbons (Fsp3) is 0.278. The quantitative estimate of drug-likeness (QED) is 0.470. The van der Waals surface area contributed by atoms with Crippen LogP contribution in [0.1, 0.15) is 0 Å². The number of rotatable bonds is 4. The van der Waals surface area contributed by atoms with Crippen molar-refractivity contribution in [3.05, 3.63) is 57.6 Å². The van der Waals surface area contributed by atoms with E-state index in [4.69, 9.17) is 28.6 Å². The molecule has 0 aromatic heterocycles. The molecule has 0 saturated carbocycles. The number of nitro benzene ring substituents is 1. The third kappa shape index (κ3) is 4.58. The zero-order chi connectivity index (χ0) is 19.4. The fourth-order valence-corrected chi connectivity index (χ4v) is 3.41. The number of non-ortho nitro benzene ring substituents is 1. The molecule has 27 heavy (non-hydrogen) atoms. The molecule has 2 aromatic rings. The van der Waals surface area contributed by atoms with Crippen LogP contribution >= 0.6 is 23.8 Å². The van der Waals surface area contributed by atoms with Crippen LogP contribution in [0.25, 0.3) is 0 Å². The summed E-state index contributed by atoms with van der Waals surface area (Å²) in [5, 5.41) is 15.3. The maximum Gasteiger partial charge on any atom is 0.273 e. The molecular weight excluding hydrogens is 388 g/mol. The summed E-state index contributed by atoms with van der Waals surface area (Å²) >= 11 is 11.6. The maximum atomic E-state index is 10.9. The van der Waals surface area contributed by atoms with Crippen molar-refractivity contribution in [2.24, 2.45) is 0 Å². The van der Waals surface area contributed by atoms with Gasteiger partial charge in [0.25, 0.3) is 5.69 Å². The van der Waals surface area contributed by atoms with E-state index in [9.17, 15) is 10.1 Å². The lowest BCUT2D eigenvalue weighted by Crippen LogP contribution is -2.50. The number of methoxy groups -OCH3 is 1. The first-order valence-corrected chi connectivity index (χ1v) is 9.15. The molecule has 2 aromatic carbocycles. The van der Waals surface area contributed by atoms with Gasteiger partial charge in [0.05, 0.1) is 23.8 Å². The van der Waals surface area contributed by atoms with Crippen molar-refractivity contribution in [2.45, 2.75) is 0 Å². The lowest BCUT2D eigenvalue weighted by molar-refractivity contribution is -0.384. The first-order chi connectivity index (χ1) is 13.0. The minimum Gasteiger partial charge on any atom is -0.494 e. The highest BCUT2D eigenvalue weighted by molar-refractivity contribution is 7.80. The molecule has 0 spiro atoms. The first kappa shape index (κ1) is 19.2. The highest BCUT2D eigenvalue weighted by Crippen LogP contribution is 2.29. The lowest BCUT2D eigenvalue weighted by Gasteiger charge is -2.37. The second-order valence-electron chi connectivity index (χ2n) is 6.03. The number of benzene rings is 2. The number of piperazine rings is 1. The number of hydrogen-bond acceptors (Lipinski definition) is 5. The van der Waals surface area contributed by atoms with Gasteiger partial charge in [-0.1, -0.05) is 17.7 Å². The van der Waals surface area contributed by atoms with Crippen LogP contribution in [0.15, 0.2) is 42.5 Å². The Labute approximate surface area is 167 Å². The predicted octanol–water partition coefficient (Wildman–Crippen LogP) is 3.78. The van der Waals surface area contributed by atoms with Gasteiger partial charge < -0.3 is 19.9 Å². The first-order valence-electron chi connectivity index (χ1n) is 8.37. The van der Waals surface area contributed by atoms with Crippen LogP contribution < -0.4 is 15.0 Å². The normalized spacial score (nSPS) is 14.0. The standard InChI is InChI=1S/C18H19ClN4O3S/c1-26-17-12-15(23(24)25)5-6-16(17)20-18(27)22-9-7-21(8-10-22)14-4-2-3-13(19)11-14/h2-6,11-12H,7-10H2,1H3,(H,20,27). The number of nitro groups is 1. The zero-order valence-electron chi connectivity index (χ0n) is 14.7. The Bertz CT molecular complexity index is 856. The average Bonchev–Trinajstić information content (AvgIpc) is 2.68. The number of ether oxygens (including phenoxy) is 1. The monoisotopic (exact) mass is 406 g/mol. The molecule has 7 nitrogen and oxygen atoms in total.